The predicted molar refractivity (Wildman–Crippen MR) is 138 cm³/mol. The van der Waals surface area contributed by atoms with Crippen LogP contribution < -0.4 is 9.80 Å². The van der Waals surface area contributed by atoms with Crippen molar-refractivity contribution in [2.24, 2.45) is 0 Å². The first kappa shape index (κ1) is 24.7. The Morgan fingerprint density at radius 3 is 2.43 bits per heavy atom. The Balaban J connectivity index is 1.29. The SMILES string of the molecule is CN(Cc1ccccc1)c1cc(Cl)nc(SCC(=O)N2CCN(c3ccc([N+](=O)[O-])cc3)CC2)n1. The van der Waals surface area contributed by atoms with Crippen molar-refractivity contribution >= 4 is 46.5 Å². The number of benzene rings is 2. The fourth-order valence-corrected chi connectivity index (χ4v) is 4.78. The maximum Gasteiger partial charge on any atom is 0.269 e. The van der Waals surface area contributed by atoms with Crippen LogP contribution in [0.3, 0.4) is 0 Å². The summed E-state index contributed by atoms with van der Waals surface area (Å²) in [5, 5.41) is 11.6. The van der Waals surface area contributed by atoms with Crippen molar-refractivity contribution in [3.8, 4) is 0 Å². The summed E-state index contributed by atoms with van der Waals surface area (Å²) in [5.74, 6) is 0.932. The number of hydrogen-bond acceptors (Lipinski definition) is 8. The summed E-state index contributed by atoms with van der Waals surface area (Å²) in [4.78, 5) is 38.0. The van der Waals surface area contributed by atoms with Gasteiger partial charge in [-0.3, -0.25) is 14.9 Å². The molecular weight excluding hydrogens is 488 g/mol. The van der Waals surface area contributed by atoms with Crippen LogP contribution >= 0.6 is 23.4 Å². The quantitative estimate of drug-likeness (QED) is 0.146. The standard InChI is InChI=1S/C24H25ClN6O3S/c1-28(16-18-5-3-2-4-6-18)22-15-21(25)26-24(27-22)35-17-23(32)30-13-11-29(12-14-30)19-7-9-20(10-8-19)31(33)34/h2-10,15H,11-14,16-17H2,1H3. The lowest BCUT2D eigenvalue weighted by Crippen LogP contribution is -2.49. The Bertz CT molecular complexity index is 1170. The van der Waals surface area contributed by atoms with E-state index in [0.717, 1.165) is 11.3 Å². The normalized spacial score (nSPS) is 13.5. The Morgan fingerprint density at radius 1 is 1.09 bits per heavy atom. The van der Waals surface area contributed by atoms with Gasteiger partial charge in [0.15, 0.2) is 5.16 Å². The zero-order valence-electron chi connectivity index (χ0n) is 19.2. The molecule has 2 aromatic carbocycles. The van der Waals surface area contributed by atoms with Crippen LogP contribution in [-0.4, -0.2) is 64.7 Å². The second kappa shape index (κ2) is 11.4. The third-order valence-electron chi connectivity index (χ3n) is 5.70. The largest absolute Gasteiger partial charge is 0.368 e. The number of piperazine rings is 1. The summed E-state index contributed by atoms with van der Waals surface area (Å²) < 4.78 is 0. The van der Waals surface area contributed by atoms with Crippen molar-refractivity contribution in [1.82, 2.24) is 14.9 Å². The van der Waals surface area contributed by atoms with Crippen LogP contribution in [0, 0.1) is 10.1 Å². The molecular formula is C24H25ClN6O3S. The number of non-ortho nitro benzene ring substituents is 1. The number of nitro benzene ring substituents is 1. The first-order chi connectivity index (χ1) is 16.9. The van der Waals surface area contributed by atoms with Gasteiger partial charge in [-0.15, -0.1) is 0 Å². The molecule has 0 saturated carbocycles. The Kier molecular flexibility index (Phi) is 8.04. The molecule has 0 unspecified atom stereocenters. The molecule has 1 aromatic heterocycles. The van der Waals surface area contributed by atoms with E-state index < -0.39 is 4.92 Å². The van der Waals surface area contributed by atoms with Crippen LogP contribution in [0.4, 0.5) is 17.2 Å². The predicted octanol–water partition coefficient (Wildman–Crippen LogP) is 4.12. The molecule has 9 nitrogen and oxygen atoms in total. The van der Waals surface area contributed by atoms with E-state index in [0.29, 0.717) is 48.9 Å². The van der Waals surface area contributed by atoms with Gasteiger partial charge in [0.1, 0.15) is 11.0 Å². The molecule has 1 saturated heterocycles. The molecule has 1 aliphatic heterocycles. The highest BCUT2D eigenvalue weighted by Gasteiger charge is 2.22. The minimum atomic E-state index is -0.411. The van der Waals surface area contributed by atoms with Gasteiger partial charge >= 0.3 is 0 Å². The lowest BCUT2D eigenvalue weighted by molar-refractivity contribution is -0.384. The fraction of sp³-hybridized carbons (Fsp3) is 0.292. The van der Waals surface area contributed by atoms with Gasteiger partial charge < -0.3 is 14.7 Å². The van der Waals surface area contributed by atoms with Crippen molar-refractivity contribution < 1.29 is 9.72 Å². The van der Waals surface area contributed by atoms with Crippen molar-refractivity contribution in [3.05, 3.63) is 81.5 Å². The molecule has 3 aromatic rings. The zero-order chi connectivity index (χ0) is 24.8. The summed E-state index contributed by atoms with van der Waals surface area (Å²) in [6.45, 7) is 3.17. The molecule has 4 rings (SSSR count). The number of amides is 1. The maximum absolute atomic E-state index is 12.8. The van der Waals surface area contributed by atoms with E-state index in [-0.39, 0.29) is 17.3 Å². The average molecular weight is 513 g/mol. The molecule has 0 radical (unpaired) electrons. The number of thioether (sulfide) groups is 1. The van der Waals surface area contributed by atoms with Crippen molar-refractivity contribution in [2.45, 2.75) is 11.7 Å². The first-order valence-electron chi connectivity index (χ1n) is 11.1. The number of hydrogen-bond donors (Lipinski definition) is 0. The Labute approximate surface area is 212 Å². The van der Waals surface area contributed by atoms with Gasteiger partial charge in [0.2, 0.25) is 5.91 Å². The van der Waals surface area contributed by atoms with E-state index >= 15 is 0 Å². The van der Waals surface area contributed by atoms with Gasteiger partial charge in [0, 0.05) is 63.7 Å². The van der Waals surface area contributed by atoms with Crippen LogP contribution in [0.15, 0.2) is 65.8 Å². The summed E-state index contributed by atoms with van der Waals surface area (Å²) in [7, 11) is 1.94. The topological polar surface area (TPSA) is 95.7 Å². The number of rotatable bonds is 8. The number of carbonyl (C=O) groups is 1. The molecule has 0 N–H and O–H groups in total. The molecule has 11 heteroatoms. The van der Waals surface area contributed by atoms with Crippen LogP contribution in [0.1, 0.15) is 5.56 Å². The molecule has 0 atom stereocenters. The fourth-order valence-electron chi connectivity index (χ4n) is 3.80. The average Bonchev–Trinajstić information content (AvgIpc) is 2.87. The number of nitrogens with zero attached hydrogens (tertiary/aromatic N) is 6. The van der Waals surface area contributed by atoms with Gasteiger partial charge in [-0.1, -0.05) is 53.7 Å². The third-order valence-corrected chi connectivity index (χ3v) is 6.72. The monoisotopic (exact) mass is 512 g/mol. The number of nitro groups is 1. The van der Waals surface area contributed by atoms with E-state index in [2.05, 4.69) is 27.0 Å². The molecule has 35 heavy (non-hydrogen) atoms. The van der Waals surface area contributed by atoms with Crippen LogP contribution in [0.2, 0.25) is 5.15 Å². The highest BCUT2D eigenvalue weighted by molar-refractivity contribution is 7.99. The Morgan fingerprint density at radius 2 is 1.77 bits per heavy atom. The van der Waals surface area contributed by atoms with Crippen LogP contribution in [0.5, 0.6) is 0 Å². The van der Waals surface area contributed by atoms with Gasteiger partial charge in [-0.05, 0) is 17.7 Å². The third kappa shape index (κ3) is 6.61. The number of aromatic nitrogens is 2. The van der Waals surface area contributed by atoms with Crippen molar-refractivity contribution in [2.75, 3.05) is 48.8 Å². The lowest BCUT2D eigenvalue weighted by Gasteiger charge is -2.36. The second-order valence-electron chi connectivity index (χ2n) is 8.10. The van der Waals surface area contributed by atoms with Gasteiger partial charge in [0.25, 0.3) is 5.69 Å². The molecule has 1 aliphatic rings. The smallest absolute Gasteiger partial charge is 0.269 e. The molecule has 0 aliphatic carbocycles. The molecule has 182 valence electrons. The van der Waals surface area contributed by atoms with Gasteiger partial charge in [-0.25, -0.2) is 9.97 Å². The zero-order valence-corrected chi connectivity index (χ0v) is 20.8. The van der Waals surface area contributed by atoms with E-state index in [1.54, 1.807) is 18.2 Å². The number of anilines is 2. The number of halogens is 1. The summed E-state index contributed by atoms with van der Waals surface area (Å²) in [6, 6.07) is 18.3. The highest BCUT2D eigenvalue weighted by atomic mass is 35.5. The molecule has 2 heterocycles. The van der Waals surface area contributed by atoms with Gasteiger partial charge in [0.05, 0.1) is 10.7 Å². The molecule has 1 fully saturated rings. The second-order valence-corrected chi connectivity index (χ2v) is 9.43. The first-order valence-corrected chi connectivity index (χ1v) is 12.4. The minimum absolute atomic E-state index is 0.0149. The molecule has 1 amide bonds. The molecule has 0 bridgehead atoms. The van der Waals surface area contributed by atoms with Crippen LogP contribution in [0.25, 0.3) is 0 Å². The summed E-state index contributed by atoms with van der Waals surface area (Å²) >= 11 is 7.51. The Hall–Kier alpha value is -3.37. The van der Waals surface area contributed by atoms with E-state index in [9.17, 15) is 14.9 Å². The maximum atomic E-state index is 12.8. The highest BCUT2D eigenvalue weighted by Crippen LogP contribution is 2.24. The van der Waals surface area contributed by atoms with Crippen LogP contribution in [-0.2, 0) is 11.3 Å². The minimum Gasteiger partial charge on any atom is -0.368 e. The lowest BCUT2D eigenvalue weighted by atomic mass is 10.2. The van der Waals surface area contributed by atoms with E-state index in [4.69, 9.17) is 11.6 Å². The summed E-state index contributed by atoms with van der Waals surface area (Å²) in [6.07, 6.45) is 0. The van der Waals surface area contributed by atoms with Crippen molar-refractivity contribution in [3.63, 3.8) is 0 Å². The summed E-state index contributed by atoms with van der Waals surface area (Å²) in [5.41, 5.74) is 2.13. The van der Waals surface area contributed by atoms with E-state index in [1.165, 1.54) is 23.9 Å². The molecule has 0 spiro atoms. The van der Waals surface area contributed by atoms with Crippen molar-refractivity contribution in [1.29, 1.82) is 0 Å². The van der Waals surface area contributed by atoms with Gasteiger partial charge in [-0.2, -0.15) is 0 Å². The number of carbonyl (C=O) groups excluding carboxylic acids is 1. The van der Waals surface area contributed by atoms with E-state index in [1.807, 2.05) is 35.0 Å².